The van der Waals surface area contributed by atoms with Crippen LogP contribution in [0.4, 0.5) is 0 Å². The lowest BCUT2D eigenvalue weighted by Crippen LogP contribution is -2.38. The molecule has 0 aliphatic carbocycles. The van der Waals surface area contributed by atoms with E-state index in [9.17, 15) is 14.7 Å². The van der Waals surface area contributed by atoms with Crippen LogP contribution < -0.4 is 0 Å². The Hall–Kier alpha value is -1.85. The van der Waals surface area contributed by atoms with Crippen LogP contribution in [-0.4, -0.2) is 47.7 Å². The van der Waals surface area contributed by atoms with Gasteiger partial charge in [0.2, 0.25) is 0 Å². The van der Waals surface area contributed by atoms with Gasteiger partial charge >= 0.3 is 5.97 Å². The third-order valence-corrected chi connectivity index (χ3v) is 4.54. The first-order valence-corrected chi connectivity index (χ1v) is 8.31. The van der Waals surface area contributed by atoms with Gasteiger partial charge in [-0.3, -0.25) is 9.59 Å². The van der Waals surface area contributed by atoms with Gasteiger partial charge in [-0.05, 0) is 31.0 Å². The second kappa shape index (κ2) is 8.31. The predicted molar refractivity (Wildman–Crippen MR) is 92.1 cm³/mol. The fourth-order valence-electron chi connectivity index (χ4n) is 2.94. The summed E-state index contributed by atoms with van der Waals surface area (Å²) in [6.07, 6.45) is 1.80. The number of amides is 1. The first-order valence-electron chi connectivity index (χ1n) is 7.93. The van der Waals surface area contributed by atoms with Crippen molar-refractivity contribution in [2.24, 2.45) is 5.92 Å². The van der Waals surface area contributed by atoms with Crippen molar-refractivity contribution in [1.82, 2.24) is 4.90 Å². The average Bonchev–Trinajstić information content (AvgIpc) is 3.00. The largest absolute Gasteiger partial charge is 0.481 e. The molecule has 6 heteroatoms. The Balaban J connectivity index is 2.08. The number of carboxylic acid groups (broad SMARTS) is 1. The van der Waals surface area contributed by atoms with Crippen molar-refractivity contribution in [2.75, 3.05) is 19.7 Å². The van der Waals surface area contributed by atoms with Crippen LogP contribution in [0.1, 0.15) is 24.8 Å². The van der Waals surface area contributed by atoms with Crippen LogP contribution in [0.5, 0.6) is 0 Å². The van der Waals surface area contributed by atoms with Gasteiger partial charge in [-0.1, -0.05) is 29.8 Å². The summed E-state index contributed by atoms with van der Waals surface area (Å²) in [6, 6.07) is 7.12. The minimum Gasteiger partial charge on any atom is -0.481 e. The van der Waals surface area contributed by atoms with E-state index in [4.69, 9.17) is 16.3 Å². The number of hydrogen-bond donors (Lipinski definition) is 1. The maximum atomic E-state index is 12.5. The van der Waals surface area contributed by atoms with E-state index in [0.29, 0.717) is 24.6 Å². The van der Waals surface area contributed by atoms with Gasteiger partial charge in [0, 0.05) is 24.0 Å². The number of benzene rings is 1. The summed E-state index contributed by atoms with van der Waals surface area (Å²) >= 11 is 5.89. The quantitative estimate of drug-likeness (QED) is 0.606. The van der Waals surface area contributed by atoms with E-state index in [0.717, 1.165) is 5.56 Å². The zero-order valence-corrected chi connectivity index (χ0v) is 14.4. The average molecular weight is 352 g/mol. The summed E-state index contributed by atoms with van der Waals surface area (Å²) in [5.74, 6) is -1.95. The molecule has 0 radical (unpaired) electrons. The number of carbonyl (C=O) groups is 2. The van der Waals surface area contributed by atoms with Gasteiger partial charge < -0.3 is 14.7 Å². The first kappa shape index (κ1) is 18.5. The lowest BCUT2D eigenvalue weighted by atomic mass is 9.89. The number of ether oxygens (including phenoxy) is 1. The molecule has 24 heavy (non-hydrogen) atoms. The van der Waals surface area contributed by atoms with Gasteiger partial charge in [-0.15, -0.1) is 6.58 Å². The second-order valence-electron chi connectivity index (χ2n) is 5.94. The van der Waals surface area contributed by atoms with Crippen LogP contribution in [-0.2, 0) is 14.3 Å². The van der Waals surface area contributed by atoms with E-state index in [1.54, 1.807) is 30.0 Å². The van der Waals surface area contributed by atoms with Gasteiger partial charge in [-0.2, -0.15) is 0 Å². The minimum atomic E-state index is -0.898. The normalized spacial score (nSPS) is 21.5. The number of likely N-dealkylation sites (tertiary alicyclic amines) is 1. The third-order valence-electron chi connectivity index (χ3n) is 4.28. The van der Waals surface area contributed by atoms with Crippen molar-refractivity contribution in [3.63, 3.8) is 0 Å². The molecule has 5 nitrogen and oxygen atoms in total. The Morgan fingerprint density at radius 2 is 2.08 bits per heavy atom. The van der Waals surface area contributed by atoms with Crippen LogP contribution >= 0.6 is 11.6 Å². The molecule has 1 aromatic carbocycles. The fraction of sp³-hybridized carbons (Fsp3) is 0.444. The summed E-state index contributed by atoms with van der Waals surface area (Å²) < 4.78 is 5.48. The van der Waals surface area contributed by atoms with Gasteiger partial charge in [0.05, 0.1) is 12.5 Å². The highest BCUT2D eigenvalue weighted by molar-refractivity contribution is 6.30. The Morgan fingerprint density at radius 3 is 2.67 bits per heavy atom. The van der Waals surface area contributed by atoms with E-state index in [1.165, 1.54) is 0 Å². The van der Waals surface area contributed by atoms with Crippen LogP contribution in [0.3, 0.4) is 0 Å². The Morgan fingerprint density at radius 1 is 1.42 bits per heavy atom. The fourth-order valence-corrected chi connectivity index (χ4v) is 3.06. The zero-order valence-electron chi connectivity index (χ0n) is 13.7. The topological polar surface area (TPSA) is 66.8 Å². The molecule has 1 amide bonds. The van der Waals surface area contributed by atoms with E-state index < -0.39 is 18.0 Å². The molecule has 1 aliphatic heterocycles. The molecule has 1 aliphatic rings. The lowest BCUT2D eigenvalue weighted by molar-refractivity contribution is -0.143. The highest BCUT2D eigenvalue weighted by Gasteiger charge is 2.41. The summed E-state index contributed by atoms with van der Waals surface area (Å²) in [4.78, 5) is 25.7. The second-order valence-corrected chi connectivity index (χ2v) is 6.37. The van der Waals surface area contributed by atoms with Crippen molar-refractivity contribution in [1.29, 1.82) is 0 Å². The van der Waals surface area contributed by atoms with Gasteiger partial charge in [0.25, 0.3) is 5.91 Å². The predicted octanol–water partition coefficient (Wildman–Crippen LogP) is 2.95. The highest BCUT2D eigenvalue weighted by atomic mass is 35.5. The third kappa shape index (κ3) is 4.36. The van der Waals surface area contributed by atoms with E-state index in [1.807, 2.05) is 12.1 Å². The SMILES string of the molecule is C=CCCOC(C)C(=O)N1C[C@@H](C(=O)O)[C@H](c2ccc(Cl)cc2)C1. The molecule has 2 rings (SSSR count). The Labute approximate surface area is 146 Å². The van der Waals surface area contributed by atoms with Gasteiger partial charge in [-0.25, -0.2) is 0 Å². The van der Waals surface area contributed by atoms with Crippen LogP contribution in [0, 0.1) is 5.92 Å². The standard InChI is InChI=1S/C18H22ClNO4/c1-3-4-9-24-12(2)17(21)20-10-15(16(11-20)18(22)23)13-5-7-14(19)8-6-13/h3,5-8,12,15-16H,1,4,9-11H2,2H3,(H,22,23)/t12?,15-,16+/m0/s1. The molecule has 1 saturated heterocycles. The van der Waals surface area contributed by atoms with Gasteiger partial charge in [0.1, 0.15) is 6.10 Å². The summed E-state index contributed by atoms with van der Waals surface area (Å²) in [5, 5.41) is 10.1. The Kier molecular flexibility index (Phi) is 6.40. The monoisotopic (exact) mass is 351 g/mol. The molecule has 0 bridgehead atoms. The van der Waals surface area contributed by atoms with Crippen molar-refractivity contribution in [3.8, 4) is 0 Å². The van der Waals surface area contributed by atoms with E-state index >= 15 is 0 Å². The highest BCUT2D eigenvalue weighted by Crippen LogP contribution is 2.34. The molecular formula is C18H22ClNO4. The van der Waals surface area contributed by atoms with Crippen molar-refractivity contribution in [3.05, 3.63) is 47.5 Å². The number of hydrogen-bond acceptors (Lipinski definition) is 3. The van der Waals surface area contributed by atoms with Crippen molar-refractivity contribution in [2.45, 2.75) is 25.4 Å². The maximum absolute atomic E-state index is 12.5. The number of nitrogens with zero attached hydrogens (tertiary/aromatic N) is 1. The zero-order chi connectivity index (χ0) is 17.7. The van der Waals surface area contributed by atoms with Crippen LogP contribution in [0.2, 0.25) is 5.02 Å². The Bertz CT molecular complexity index is 602. The van der Waals surface area contributed by atoms with Crippen molar-refractivity contribution < 1.29 is 19.4 Å². The van der Waals surface area contributed by atoms with Gasteiger partial charge in [0.15, 0.2) is 0 Å². The summed E-state index contributed by atoms with van der Waals surface area (Å²) in [5.41, 5.74) is 0.877. The number of aliphatic carboxylic acids is 1. The molecule has 0 saturated carbocycles. The number of carboxylic acids is 1. The molecule has 1 unspecified atom stereocenters. The molecule has 130 valence electrons. The molecule has 1 fully saturated rings. The molecule has 1 N–H and O–H groups in total. The minimum absolute atomic E-state index is 0.179. The molecule has 3 atom stereocenters. The number of rotatable bonds is 7. The smallest absolute Gasteiger partial charge is 0.308 e. The molecule has 1 heterocycles. The van der Waals surface area contributed by atoms with Crippen LogP contribution in [0.25, 0.3) is 0 Å². The number of halogens is 1. The van der Waals surface area contributed by atoms with Crippen molar-refractivity contribution >= 4 is 23.5 Å². The maximum Gasteiger partial charge on any atom is 0.308 e. The number of carbonyl (C=O) groups excluding carboxylic acids is 1. The molecule has 0 spiro atoms. The molecular weight excluding hydrogens is 330 g/mol. The lowest BCUT2D eigenvalue weighted by Gasteiger charge is -2.21. The summed E-state index contributed by atoms with van der Waals surface area (Å²) in [7, 11) is 0. The molecule has 1 aromatic rings. The van der Waals surface area contributed by atoms with E-state index in [2.05, 4.69) is 6.58 Å². The first-order chi connectivity index (χ1) is 11.4. The van der Waals surface area contributed by atoms with E-state index in [-0.39, 0.29) is 18.4 Å². The summed E-state index contributed by atoms with van der Waals surface area (Å²) in [6.45, 7) is 6.28. The van der Waals surface area contributed by atoms with Crippen LogP contribution in [0.15, 0.2) is 36.9 Å². The molecule has 0 aromatic heterocycles.